The Morgan fingerprint density at radius 1 is 0.952 bits per heavy atom. The molecule has 0 aliphatic carbocycles. The number of hydrogen-bond donors (Lipinski definition) is 1. The second-order valence-corrected chi connectivity index (χ2v) is 5.14. The van der Waals surface area contributed by atoms with Crippen molar-refractivity contribution in [1.29, 1.82) is 0 Å². The second kappa shape index (κ2) is 6.96. The lowest BCUT2D eigenvalue weighted by Gasteiger charge is -2.20. The van der Waals surface area contributed by atoms with Gasteiger partial charge in [0.2, 0.25) is 0 Å². The second-order valence-electron chi connectivity index (χ2n) is 4.73. The maximum atomic E-state index is 13.4. The first-order valence-electron chi connectivity index (χ1n) is 6.66. The molecule has 0 amide bonds. The lowest BCUT2D eigenvalue weighted by molar-refractivity contribution is 0.503. The molecule has 21 heavy (non-hydrogen) atoms. The van der Waals surface area contributed by atoms with Crippen molar-refractivity contribution in [3.63, 3.8) is 0 Å². The lowest BCUT2D eigenvalue weighted by Crippen LogP contribution is -2.23. The van der Waals surface area contributed by atoms with Crippen molar-refractivity contribution in [2.24, 2.45) is 0 Å². The van der Waals surface area contributed by atoms with E-state index in [0.717, 1.165) is 18.6 Å². The molecule has 0 aliphatic heterocycles. The summed E-state index contributed by atoms with van der Waals surface area (Å²) >= 11 is 5.80. The van der Waals surface area contributed by atoms with Gasteiger partial charge in [-0.05, 0) is 48.4 Å². The minimum absolute atomic E-state index is 0.00150. The van der Waals surface area contributed by atoms with Gasteiger partial charge < -0.3 is 5.32 Å². The van der Waals surface area contributed by atoms with Gasteiger partial charge in [-0.15, -0.1) is 0 Å². The number of nitrogens with one attached hydrogen (secondary N) is 1. The minimum atomic E-state index is -0.913. The smallest absolute Gasteiger partial charge is 0.159 e. The molecule has 0 fully saturated rings. The van der Waals surface area contributed by atoms with Crippen LogP contribution in [0.3, 0.4) is 0 Å². The summed E-state index contributed by atoms with van der Waals surface area (Å²) in [7, 11) is 0. The third-order valence-electron chi connectivity index (χ3n) is 3.15. The van der Waals surface area contributed by atoms with Gasteiger partial charge in [0.25, 0.3) is 0 Å². The Bertz CT molecular complexity index is 579. The van der Waals surface area contributed by atoms with Gasteiger partial charge in [0.1, 0.15) is 5.82 Å². The van der Waals surface area contributed by atoms with Crippen LogP contribution in [0.4, 0.5) is 13.2 Å². The predicted molar refractivity (Wildman–Crippen MR) is 77.9 cm³/mol. The summed E-state index contributed by atoms with van der Waals surface area (Å²) < 4.78 is 39.8. The van der Waals surface area contributed by atoms with E-state index >= 15 is 0 Å². The van der Waals surface area contributed by atoms with Crippen LogP contribution in [-0.2, 0) is 0 Å². The Hall–Kier alpha value is -1.52. The summed E-state index contributed by atoms with van der Waals surface area (Å²) in [5, 5.41) is 3.22. The zero-order chi connectivity index (χ0) is 15.4. The average molecular weight is 314 g/mol. The van der Waals surface area contributed by atoms with Crippen LogP contribution >= 0.6 is 11.6 Å². The Balaban J connectivity index is 2.41. The van der Waals surface area contributed by atoms with E-state index < -0.39 is 17.5 Å². The van der Waals surface area contributed by atoms with E-state index in [1.807, 2.05) is 6.92 Å². The molecule has 1 nitrogen and oxygen atoms in total. The first-order chi connectivity index (χ1) is 10.0. The molecule has 0 saturated carbocycles. The molecular weight excluding hydrogens is 299 g/mol. The maximum absolute atomic E-state index is 13.4. The summed E-state index contributed by atoms with van der Waals surface area (Å²) in [6, 6.07) is 7.68. The van der Waals surface area contributed by atoms with Crippen molar-refractivity contribution < 1.29 is 13.2 Å². The summed E-state index contributed by atoms with van der Waals surface area (Å²) in [6.45, 7) is 2.67. The molecule has 2 rings (SSSR count). The molecule has 2 aromatic carbocycles. The summed E-state index contributed by atoms with van der Waals surface area (Å²) in [5.41, 5.74) is 1.26. The maximum Gasteiger partial charge on any atom is 0.159 e. The van der Waals surface area contributed by atoms with Gasteiger partial charge in [0.15, 0.2) is 11.6 Å². The van der Waals surface area contributed by atoms with Crippen molar-refractivity contribution in [2.45, 2.75) is 19.4 Å². The molecule has 0 aliphatic rings. The molecule has 0 saturated heterocycles. The van der Waals surface area contributed by atoms with Crippen LogP contribution in [-0.4, -0.2) is 6.54 Å². The van der Waals surface area contributed by atoms with E-state index in [1.165, 1.54) is 18.2 Å². The zero-order valence-corrected chi connectivity index (χ0v) is 12.2. The Morgan fingerprint density at radius 3 is 2.14 bits per heavy atom. The fourth-order valence-corrected chi connectivity index (χ4v) is 2.29. The van der Waals surface area contributed by atoms with Crippen LogP contribution in [0.25, 0.3) is 0 Å². The Morgan fingerprint density at radius 2 is 1.57 bits per heavy atom. The number of benzene rings is 2. The third-order valence-corrected chi connectivity index (χ3v) is 3.44. The first-order valence-corrected chi connectivity index (χ1v) is 7.04. The van der Waals surface area contributed by atoms with Gasteiger partial charge in [-0.3, -0.25) is 0 Å². The molecule has 0 heterocycles. The molecule has 0 radical (unpaired) electrons. The third kappa shape index (κ3) is 3.77. The largest absolute Gasteiger partial charge is 0.306 e. The predicted octanol–water partition coefficient (Wildman–Crippen LogP) is 4.85. The highest BCUT2D eigenvalue weighted by atomic mass is 35.5. The summed E-state index contributed by atoms with van der Waals surface area (Å²) in [4.78, 5) is 0. The highest BCUT2D eigenvalue weighted by Crippen LogP contribution is 2.27. The van der Waals surface area contributed by atoms with Gasteiger partial charge in [0, 0.05) is 0 Å². The molecule has 0 spiro atoms. The van der Waals surface area contributed by atoms with E-state index in [9.17, 15) is 13.2 Å². The SMILES string of the molecule is CCCNC(c1ccc(F)c(F)c1)c1ccc(F)c(Cl)c1. The van der Waals surface area contributed by atoms with Crippen molar-refractivity contribution in [3.05, 3.63) is 70.0 Å². The van der Waals surface area contributed by atoms with E-state index in [2.05, 4.69) is 5.32 Å². The number of halogens is 4. The van der Waals surface area contributed by atoms with Crippen molar-refractivity contribution >= 4 is 11.6 Å². The molecule has 1 atom stereocenters. The summed E-state index contributed by atoms with van der Waals surface area (Å²) in [5.74, 6) is -2.32. The number of rotatable bonds is 5. The number of hydrogen-bond acceptors (Lipinski definition) is 1. The first kappa shape index (κ1) is 15.9. The van der Waals surface area contributed by atoms with E-state index in [1.54, 1.807) is 6.07 Å². The zero-order valence-electron chi connectivity index (χ0n) is 11.5. The van der Waals surface area contributed by atoms with Crippen molar-refractivity contribution in [3.8, 4) is 0 Å². The fraction of sp³-hybridized carbons (Fsp3) is 0.250. The normalized spacial score (nSPS) is 12.4. The topological polar surface area (TPSA) is 12.0 Å². The van der Waals surface area contributed by atoms with Crippen LogP contribution in [0.15, 0.2) is 36.4 Å². The van der Waals surface area contributed by atoms with Crippen LogP contribution in [0.5, 0.6) is 0 Å². The standard InChI is InChI=1S/C16H15ClF3N/c1-2-7-21-16(10-3-5-13(18)12(17)8-10)11-4-6-14(19)15(20)9-11/h3-6,8-9,16,21H,2,7H2,1H3. The van der Waals surface area contributed by atoms with Gasteiger partial charge in [-0.25, -0.2) is 13.2 Å². The molecule has 1 unspecified atom stereocenters. The van der Waals surface area contributed by atoms with Crippen molar-refractivity contribution in [1.82, 2.24) is 5.32 Å². The highest BCUT2D eigenvalue weighted by Gasteiger charge is 2.16. The quantitative estimate of drug-likeness (QED) is 0.832. The Kier molecular flexibility index (Phi) is 5.26. The minimum Gasteiger partial charge on any atom is -0.306 e. The average Bonchev–Trinajstić information content (AvgIpc) is 2.46. The molecule has 5 heteroatoms. The van der Waals surface area contributed by atoms with Crippen molar-refractivity contribution in [2.75, 3.05) is 6.54 Å². The lowest BCUT2D eigenvalue weighted by atomic mass is 9.98. The molecular formula is C16H15ClF3N. The van der Waals surface area contributed by atoms with E-state index in [0.29, 0.717) is 17.7 Å². The van der Waals surface area contributed by atoms with E-state index in [4.69, 9.17) is 11.6 Å². The van der Waals surface area contributed by atoms with Gasteiger partial charge in [-0.1, -0.05) is 30.7 Å². The monoisotopic (exact) mass is 313 g/mol. The molecule has 2 aromatic rings. The van der Waals surface area contributed by atoms with Crippen LogP contribution in [0.1, 0.15) is 30.5 Å². The van der Waals surface area contributed by atoms with Crippen LogP contribution < -0.4 is 5.32 Å². The van der Waals surface area contributed by atoms with Crippen LogP contribution in [0.2, 0.25) is 5.02 Å². The van der Waals surface area contributed by atoms with Gasteiger partial charge >= 0.3 is 0 Å². The fourth-order valence-electron chi connectivity index (χ4n) is 2.10. The van der Waals surface area contributed by atoms with Gasteiger partial charge in [-0.2, -0.15) is 0 Å². The summed E-state index contributed by atoms with van der Waals surface area (Å²) in [6.07, 6.45) is 0.870. The van der Waals surface area contributed by atoms with E-state index in [-0.39, 0.29) is 11.1 Å². The Labute approximate surface area is 126 Å². The molecule has 0 aromatic heterocycles. The highest BCUT2D eigenvalue weighted by molar-refractivity contribution is 6.30. The van der Waals surface area contributed by atoms with Gasteiger partial charge in [0.05, 0.1) is 11.1 Å². The molecule has 112 valence electrons. The molecule has 0 bridgehead atoms. The molecule has 1 N–H and O–H groups in total. The van der Waals surface area contributed by atoms with Crippen LogP contribution in [0, 0.1) is 17.5 Å².